The summed E-state index contributed by atoms with van der Waals surface area (Å²) in [6.45, 7) is 11.5. The van der Waals surface area contributed by atoms with E-state index in [0.717, 1.165) is 60.6 Å². The number of fused-ring (bicyclic) bond motifs is 1. The first kappa shape index (κ1) is 29.8. The Bertz CT molecular complexity index is 898. The SMILES string of the molecule is CC.CCC(CN(C)C(C)CCC(C)(CCC=O)NC)C(=N)c1ccc2cc(OC)ccc2c1. The van der Waals surface area contributed by atoms with Crippen LogP contribution in [0.15, 0.2) is 36.4 Å². The quantitative estimate of drug-likeness (QED) is 0.251. The monoisotopic (exact) mass is 469 g/mol. The van der Waals surface area contributed by atoms with Crippen molar-refractivity contribution in [2.75, 3.05) is 27.7 Å². The smallest absolute Gasteiger partial charge is 0.120 e. The molecule has 0 aliphatic heterocycles. The van der Waals surface area contributed by atoms with Gasteiger partial charge in [0, 0.05) is 36.2 Å². The van der Waals surface area contributed by atoms with E-state index in [1.165, 1.54) is 0 Å². The van der Waals surface area contributed by atoms with Crippen LogP contribution in [0.25, 0.3) is 10.8 Å². The highest BCUT2D eigenvalue weighted by atomic mass is 16.5. The number of carbonyl (C=O) groups excluding carboxylic acids is 1. The van der Waals surface area contributed by atoms with E-state index in [0.29, 0.717) is 18.2 Å². The topological polar surface area (TPSA) is 65.4 Å². The fraction of sp³-hybridized carbons (Fsp3) is 0.586. The van der Waals surface area contributed by atoms with E-state index < -0.39 is 0 Å². The molecule has 0 spiro atoms. The predicted octanol–water partition coefficient (Wildman–Crippen LogP) is 6.33. The van der Waals surface area contributed by atoms with Gasteiger partial charge in [-0.25, -0.2) is 0 Å². The Morgan fingerprint density at radius 1 is 1.18 bits per heavy atom. The van der Waals surface area contributed by atoms with E-state index in [1.54, 1.807) is 7.11 Å². The lowest BCUT2D eigenvalue weighted by molar-refractivity contribution is -0.108. The summed E-state index contributed by atoms with van der Waals surface area (Å²) in [5.74, 6) is 1.03. The molecule has 190 valence electrons. The largest absolute Gasteiger partial charge is 0.497 e. The molecule has 0 radical (unpaired) electrons. The lowest BCUT2D eigenvalue weighted by Crippen LogP contribution is -2.42. The molecular weight excluding hydrogens is 422 g/mol. The Balaban J connectivity index is 0.00000281. The third-order valence-electron chi connectivity index (χ3n) is 7.05. The summed E-state index contributed by atoms with van der Waals surface area (Å²) in [7, 11) is 5.82. The normalized spacial score (nSPS) is 14.6. The summed E-state index contributed by atoms with van der Waals surface area (Å²) in [6.07, 6.45) is 5.46. The Labute approximate surface area is 207 Å². The first-order valence-corrected chi connectivity index (χ1v) is 12.8. The maximum Gasteiger partial charge on any atom is 0.120 e. The van der Waals surface area contributed by atoms with Gasteiger partial charge in [-0.3, -0.25) is 0 Å². The number of ether oxygens (including phenoxy) is 1. The number of benzene rings is 2. The molecule has 2 aromatic carbocycles. The van der Waals surface area contributed by atoms with Gasteiger partial charge in [-0.2, -0.15) is 0 Å². The average Bonchev–Trinajstić information content (AvgIpc) is 2.89. The summed E-state index contributed by atoms with van der Waals surface area (Å²) in [5, 5.41) is 14.5. The van der Waals surface area contributed by atoms with Crippen molar-refractivity contribution in [1.82, 2.24) is 10.2 Å². The van der Waals surface area contributed by atoms with Crippen molar-refractivity contribution >= 4 is 22.8 Å². The summed E-state index contributed by atoms with van der Waals surface area (Å²) in [5.41, 5.74) is 1.68. The highest BCUT2D eigenvalue weighted by Crippen LogP contribution is 2.25. The van der Waals surface area contributed by atoms with Crippen LogP contribution in [0, 0.1) is 11.3 Å². The summed E-state index contributed by atoms with van der Waals surface area (Å²) >= 11 is 0. The van der Waals surface area contributed by atoms with E-state index in [-0.39, 0.29) is 11.5 Å². The minimum absolute atomic E-state index is 0.0132. The van der Waals surface area contributed by atoms with Crippen LogP contribution in [0.2, 0.25) is 0 Å². The molecule has 34 heavy (non-hydrogen) atoms. The van der Waals surface area contributed by atoms with E-state index in [4.69, 9.17) is 10.1 Å². The van der Waals surface area contributed by atoms with Crippen molar-refractivity contribution in [3.8, 4) is 5.75 Å². The minimum atomic E-state index is -0.0132. The number of rotatable bonds is 14. The molecule has 0 fully saturated rings. The lowest BCUT2D eigenvalue weighted by Gasteiger charge is -2.34. The summed E-state index contributed by atoms with van der Waals surface area (Å²) < 4.78 is 5.32. The number of nitrogens with zero attached hydrogens (tertiary/aromatic N) is 1. The highest BCUT2D eigenvalue weighted by molar-refractivity contribution is 6.03. The van der Waals surface area contributed by atoms with Crippen LogP contribution in [0.5, 0.6) is 5.75 Å². The Hall–Kier alpha value is -2.24. The Morgan fingerprint density at radius 2 is 1.82 bits per heavy atom. The number of aldehydes is 1. The molecule has 5 nitrogen and oxygen atoms in total. The summed E-state index contributed by atoms with van der Waals surface area (Å²) in [6, 6.07) is 12.7. The van der Waals surface area contributed by atoms with E-state index in [1.807, 2.05) is 33.0 Å². The van der Waals surface area contributed by atoms with Crippen LogP contribution >= 0.6 is 0 Å². The second kappa shape index (κ2) is 14.9. The number of nitrogens with one attached hydrogen (secondary N) is 2. The van der Waals surface area contributed by atoms with Gasteiger partial charge >= 0.3 is 0 Å². The molecule has 0 heterocycles. The zero-order valence-electron chi connectivity index (χ0n) is 22.7. The Kier molecular flexibility index (Phi) is 13.1. The molecule has 5 heteroatoms. The minimum Gasteiger partial charge on any atom is -0.497 e. The van der Waals surface area contributed by atoms with Gasteiger partial charge in [-0.15, -0.1) is 0 Å². The number of methoxy groups -OCH3 is 1. The van der Waals surface area contributed by atoms with E-state index in [9.17, 15) is 4.79 Å². The molecule has 0 amide bonds. The zero-order valence-corrected chi connectivity index (χ0v) is 22.7. The molecule has 2 aromatic rings. The number of carbonyl (C=O) groups is 1. The average molecular weight is 470 g/mol. The van der Waals surface area contributed by atoms with Crippen molar-refractivity contribution < 1.29 is 9.53 Å². The van der Waals surface area contributed by atoms with Crippen molar-refractivity contribution in [1.29, 1.82) is 5.41 Å². The van der Waals surface area contributed by atoms with Gasteiger partial charge in [-0.05, 0) is 88.2 Å². The summed E-state index contributed by atoms with van der Waals surface area (Å²) in [4.78, 5) is 13.2. The molecule has 3 atom stereocenters. The molecule has 0 aromatic heterocycles. The highest BCUT2D eigenvalue weighted by Gasteiger charge is 2.24. The molecule has 0 aliphatic rings. The van der Waals surface area contributed by atoms with E-state index >= 15 is 0 Å². The molecule has 0 saturated carbocycles. The third kappa shape index (κ3) is 8.52. The van der Waals surface area contributed by atoms with Gasteiger partial charge in [-0.1, -0.05) is 39.0 Å². The van der Waals surface area contributed by atoms with E-state index in [2.05, 4.69) is 62.3 Å². The maximum atomic E-state index is 10.8. The fourth-order valence-electron chi connectivity index (χ4n) is 4.21. The van der Waals surface area contributed by atoms with Gasteiger partial charge < -0.3 is 25.2 Å². The number of hydrogen-bond donors (Lipinski definition) is 2. The van der Waals surface area contributed by atoms with Gasteiger partial charge in [0.2, 0.25) is 0 Å². The van der Waals surface area contributed by atoms with Crippen LogP contribution in [0.1, 0.15) is 72.3 Å². The first-order valence-electron chi connectivity index (χ1n) is 12.8. The van der Waals surface area contributed by atoms with Crippen LogP contribution in [-0.4, -0.2) is 56.2 Å². The fourth-order valence-corrected chi connectivity index (χ4v) is 4.21. The van der Waals surface area contributed by atoms with Crippen molar-refractivity contribution in [2.45, 2.75) is 78.3 Å². The molecular formula is C29H47N3O2. The second-order valence-corrected chi connectivity index (χ2v) is 9.29. The zero-order chi connectivity index (χ0) is 25.7. The van der Waals surface area contributed by atoms with Crippen molar-refractivity contribution in [3.63, 3.8) is 0 Å². The van der Waals surface area contributed by atoms with Crippen LogP contribution in [0.4, 0.5) is 0 Å². The molecule has 2 N–H and O–H groups in total. The first-order chi connectivity index (χ1) is 16.3. The molecule has 2 rings (SSSR count). The van der Waals surface area contributed by atoms with Gasteiger partial charge in [0.25, 0.3) is 0 Å². The maximum absolute atomic E-state index is 10.8. The lowest BCUT2D eigenvalue weighted by atomic mass is 9.88. The van der Waals surface area contributed by atoms with Crippen molar-refractivity contribution in [3.05, 3.63) is 42.0 Å². The molecule has 0 bridgehead atoms. The van der Waals surface area contributed by atoms with Crippen molar-refractivity contribution in [2.24, 2.45) is 5.92 Å². The number of hydrogen-bond acceptors (Lipinski definition) is 5. The molecule has 0 aliphatic carbocycles. The van der Waals surface area contributed by atoms with Gasteiger partial charge in [0.05, 0.1) is 7.11 Å². The van der Waals surface area contributed by atoms with Gasteiger partial charge in [0.1, 0.15) is 12.0 Å². The van der Waals surface area contributed by atoms with Crippen LogP contribution < -0.4 is 10.1 Å². The van der Waals surface area contributed by atoms with Gasteiger partial charge in [0.15, 0.2) is 0 Å². The predicted molar refractivity (Wildman–Crippen MR) is 147 cm³/mol. The van der Waals surface area contributed by atoms with Crippen LogP contribution in [-0.2, 0) is 4.79 Å². The second-order valence-electron chi connectivity index (χ2n) is 9.29. The molecule has 0 saturated heterocycles. The molecule has 3 unspecified atom stereocenters. The van der Waals surface area contributed by atoms with Crippen LogP contribution in [0.3, 0.4) is 0 Å². The Morgan fingerprint density at radius 3 is 2.41 bits per heavy atom. The standard InChI is InChI=1S/C27H41N3O2.C2H6/c1-7-21(19-30(5)20(2)13-15-27(3,29-4)14-8-16-31)26(28)24-10-9-23-18-25(32-6)12-11-22(23)17-24;1-2/h9-12,16-18,20-21,28-29H,7-8,13-15,19H2,1-6H3;1-2H3. The third-order valence-corrected chi connectivity index (χ3v) is 7.05.